The van der Waals surface area contributed by atoms with E-state index in [1.807, 2.05) is 47.8 Å². The third kappa shape index (κ3) is 3.56. The first-order valence-electron chi connectivity index (χ1n) is 9.98. The van der Waals surface area contributed by atoms with Gasteiger partial charge in [-0.2, -0.15) is 0 Å². The van der Waals surface area contributed by atoms with Gasteiger partial charge < -0.3 is 9.72 Å². The number of nitrogens with one attached hydrogen (secondary N) is 1. The molecule has 1 N–H and O–H groups in total. The summed E-state index contributed by atoms with van der Waals surface area (Å²) in [6.07, 6.45) is 7.88. The predicted octanol–water partition coefficient (Wildman–Crippen LogP) is 5.43. The molecule has 0 saturated heterocycles. The minimum Gasteiger partial charge on any atom is -0.490 e. The highest BCUT2D eigenvalue weighted by atomic mass is 32.1. The molecule has 1 fully saturated rings. The van der Waals surface area contributed by atoms with Crippen LogP contribution in [-0.4, -0.2) is 21.1 Å². The van der Waals surface area contributed by atoms with E-state index in [0.29, 0.717) is 21.7 Å². The smallest absolute Gasteiger partial charge is 0.269 e. The quantitative estimate of drug-likeness (QED) is 0.494. The van der Waals surface area contributed by atoms with Crippen LogP contribution in [0.1, 0.15) is 32.1 Å². The number of aromatic nitrogens is 3. The van der Waals surface area contributed by atoms with Gasteiger partial charge >= 0.3 is 0 Å². The Bertz CT molecular complexity index is 1190. The normalized spacial score (nSPS) is 14.9. The lowest BCUT2D eigenvalue weighted by molar-refractivity contribution is 0.156. The summed E-state index contributed by atoms with van der Waals surface area (Å²) in [5, 5.41) is 2.00. The summed E-state index contributed by atoms with van der Waals surface area (Å²) >= 11 is 1.41. The molecule has 1 saturated carbocycles. The van der Waals surface area contributed by atoms with Gasteiger partial charge in [-0.3, -0.25) is 9.78 Å². The summed E-state index contributed by atoms with van der Waals surface area (Å²) in [7, 11) is 0. The molecular weight excluding hydrogens is 382 g/mol. The van der Waals surface area contributed by atoms with Crippen molar-refractivity contribution in [1.29, 1.82) is 0 Å². The molecule has 0 aliphatic heterocycles. The molecule has 0 spiro atoms. The van der Waals surface area contributed by atoms with Gasteiger partial charge in [0.25, 0.3) is 5.56 Å². The maximum Gasteiger partial charge on any atom is 0.269 e. The number of thiophene rings is 1. The fourth-order valence-corrected chi connectivity index (χ4v) is 4.80. The van der Waals surface area contributed by atoms with E-state index < -0.39 is 0 Å². The summed E-state index contributed by atoms with van der Waals surface area (Å²) in [5.41, 5.74) is 3.11. The molecule has 0 bridgehead atoms. The second-order valence-corrected chi connectivity index (χ2v) is 8.21. The van der Waals surface area contributed by atoms with Gasteiger partial charge in [-0.1, -0.05) is 30.7 Å². The highest BCUT2D eigenvalue weighted by Gasteiger charge is 2.20. The summed E-state index contributed by atoms with van der Waals surface area (Å²) in [5.74, 6) is 1.34. The molecule has 6 heteroatoms. The summed E-state index contributed by atoms with van der Waals surface area (Å²) in [4.78, 5) is 24.6. The Hall–Kier alpha value is -2.99. The third-order valence-electron chi connectivity index (χ3n) is 5.36. The van der Waals surface area contributed by atoms with Crippen LogP contribution in [0.25, 0.3) is 32.9 Å². The van der Waals surface area contributed by atoms with Crippen molar-refractivity contribution in [2.24, 2.45) is 0 Å². The summed E-state index contributed by atoms with van der Waals surface area (Å²) in [6, 6.07) is 13.6. The Labute approximate surface area is 172 Å². The van der Waals surface area contributed by atoms with E-state index in [1.54, 1.807) is 6.20 Å². The van der Waals surface area contributed by atoms with Crippen LogP contribution < -0.4 is 10.3 Å². The third-order valence-corrected chi connectivity index (χ3v) is 6.33. The van der Waals surface area contributed by atoms with E-state index in [4.69, 9.17) is 9.72 Å². The van der Waals surface area contributed by atoms with Crippen LogP contribution in [-0.2, 0) is 0 Å². The molecule has 3 aromatic heterocycles. The van der Waals surface area contributed by atoms with Crippen LogP contribution in [0, 0.1) is 0 Å². The van der Waals surface area contributed by atoms with Crippen molar-refractivity contribution < 1.29 is 4.74 Å². The lowest BCUT2D eigenvalue weighted by Crippen LogP contribution is -2.19. The first-order valence-corrected chi connectivity index (χ1v) is 10.9. The van der Waals surface area contributed by atoms with Crippen molar-refractivity contribution in [2.75, 3.05) is 0 Å². The van der Waals surface area contributed by atoms with Gasteiger partial charge in [-0.25, -0.2) is 4.98 Å². The monoisotopic (exact) mass is 403 g/mol. The molecule has 1 aromatic carbocycles. The van der Waals surface area contributed by atoms with E-state index in [0.717, 1.165) is 29.7 Å². The van der Waals surface area contributed by atoms with Crippen molar-refractivity contribution in [1.82, 2.24) is 15.0 Å². The number of nitrogens with zero attached hydrogens (tertiary/aromatic N) is 2. The lowest BCUT2D eigenvalue weighted by atomic mass is 9.97. The molecule has 1 aliphatic carbocycles. The minimum atomic E-state index is -0.141. The highest BCUT2D eigenvalue weighted by molar-refractivity contribution is 7.17. The number of pyridine rings is 1. The Morgan fingerprint density at radius 3 is 2.66 bits per heavy atom. The van der Waals surface area contributed by atoms with Gasteiger partial charge in [-0.05, 0) is 43.9 Å². The Morgan fingerprint density at radius 1 is 1.00 bits per heavy atom. The average molecular weight is 404 g/mol. The van der Waals surface area contributed by atoms with Crippen LogP contribution >= 0.6 is 11.3 Å². The number of H-pyrrole nitrogens is 1. The first-order chi connectivity index (χ1) is 14.3. The summed E-state index contributed by atoms with van der Waals surface area (Å²) < 4.78 is 7.00. The molecule has 3 heterocycles. The van der Waals surface area contributed by atoms with Crippen molar-refractivity contribution in [2.45, 2.75) is 38.2 Å². The zero-order chi connectivity index (χ0) is 19.6. The highest BCUT2D eigenvalue weighted by Crippen LogP contribution is 2.38. The maximum absolute atomic E-state index is 12.7. The van der Waals surface area contributed by atoms with Gasteiger partial charge in [0, 0.05) is 22.7 Å². The number of ether oxygens (including phenoxy) is 1. The van der Waals surface area contributed by atoms with Crippen LogP contribution in [0.4, 0.5) is 0 Å². The van der Waals surface area contributed by atoms with Crippen LogP contribution in [0.2, 0.25) is 0 Å². The van der Waals surface area contributed by atoms with Gasteiger partial charge in [-0.15, -0.1) is 11.3 Å². The molecule has 5 rings (SSSR count). The molecule has 0 atom stereocenters. The number of hydrogen-bond donors (Lipinski definition) is 1. The Balaban J connectivity index is 1.61. The Kier molecular flexibility index (Phi) is 4.86. The van der Waals surface area contributed by atoms with Crippen LogP contribution in [0.5, 0.6) is 5.75 Å². The fourth-order valence-electron chi connectivity index (χ4n) is 3.90. The van der Waals surface area contributed by atoms with E-state index in [-0.39, 0.29) is 11.7 Å². The van der Waals surface area contributed by atoms with Gasteiger partial charge in [0.1, 0.15) is 16.1 Å². The number of rotatable bonds is 4. The molecular formula is C23H21N3O2S. The molecule has 4 aromatic rings. The molecule has 1 aliphatic rings. The van der Waals surface area contributed by atoms with Crippen molar-refractivity contribution in [3.63, 3.8) is 0 Å². The maximum atomic E-state index is 12.7. The van der Waals surface area contributed by atoms with Crippen LogP contribution in [0.3, 0.4) is 0 Å². The van der Waals surface area contributed by atoms with Crippen molar-refractivity contribution >= 4 is 21.6 Å². The van der Waals surface area contributed by atoms with E-state index in [9.17, 15) is 4.79 Å². The van der Waals surface area contributed by atoms with Crippen molar-refractivity contribution in [3.05, 3.63) is 64.4 Å². The molecule has 29 heavy (non-hydrogen) atoms. The SMILES string of the molecule is O=c1[nH]c(-c2ccccn2)nc2c(-c3ccccc3OC3CCCCC3)csc12. The van der Waals surface area contributed by atoms with Crippen molar-refractivity contribution in [3.8, 4) is 28.4 Å². The number of hydrogen-bond acceptors (Lipinski definition) is 5. The van der Waals surface area contributed by atoms with Crippen LogP contribution in [0.15, 0.2) is 58.8 Å². The lowest BCUT2D eigenvalue weighted by Gasteiger charge is -2.24. The van der Waals surface area contributed by atoms with E-state index >= 15 is 0 Å². The number of para-hydroxylation sites is 1. The zero-order valence-corrected chi connectivity index (χ0v) is 16.7. The number of benzene rings is 1. The number of fused-ring (bicyclic) bond motifs is 1. The van der Waals surface area contributed by atoms with E-state index in [2.05, 4.69) is 9.97 Å². The second-order valence-electron chi connectivity index (χ2n) is 7.33. The van der Waals surface area contributed by atoms with Gasteiger partial charge in [0.05, 0.1) is 11.6 Å². The number of aromatic amines is 1. The van der Waals surface area contributed by atoms with Gasteiger partial charge in [0.15, 0.2) is 5.82 Å². The topological polar surface area (TPSA) is 67.9 Å². The zero-order valence-electron chi connectivity index (χ0n) is 15.9. The Morgan fingerprint density at radius 2 is 1.83 bits per heavy atom. The molecule has 0 unspecified atom stereocenters. The molecule has 0 radical (unpaired) electrons. The largest absolute Gasteiger partial charge is 0.490 e. The van der Waals surface area contributed by atoms with Gasteiger partial charge in [0.2, 0.25) is 0 Å². The standard InChI is InChI=1S/C23H21N3O2S/c27-23-21-20(25-22(26-23)18-11-6-7-13-24-18)17(14-29-21)16-10-4-5-12-19(16)28-15-8-2-1-3-9-15/h4-7,10-15H,1-3,8-9H2,(H,25,26,27). The second kappa shape index (κ2) is 7.79. The molecule has 146 valence electrons. The molecule has 0 amide bonds. The first kappa shape index (κ1) is 18.1. The minimum absolute atomic E-state index is 0.141. The molecule has 5 nitrogen and oxygen atoms in total. The average Bonchev–Trinajstić information content (AvgIpc) is 3.20. The predicted molar refractivity (Wildman–Crippen MR) is 116 cm³/mol. The fraction of sp³-hybridized carbons (Fsp3) is 0.261. The summed E-state index contributed by atoms with van der Waals surface area (Å²) in [6.45, 7) is 0. The van der Waals surface area contributed by atoms with E-state index in [1.165, 1.54) is 30.6 Å².